The summed E-state index contributed by atoms with van der Waals surface area (Å²) in [6.45, 7) is 2.79. The summed E-state index contributed by atoms with van der Waals surface area (Å²) >= 11 is 0. The van der Waals surface area contributed by atoms with E-state index in [1.165, 1.54) is 26.0 Å². The fraction of sp³-hybridized carbons (Fsp3) is 0.833. The molecule has 0 bridgehead atoms. The van der Waals surface area contributed by atoms with Crippen LogP contribution in [-0.4, -0.2) is 75.0 Å². The van der Waals surface area contributed by atoms with E-state index >= 15 is 0 Å². The van der Waals surface area contributed by atoms with Crippen LogP contribution in [0.3, 0.4) is 0 Å². The molecule has 0 aliphatic carbocycles. The number of carbonyl (C=O) groups excluding carboxylic acids is 2. The van der Waals surface area contributed by atoms with Gasteiger partial charge >= 0.3 is 12.1 Å². The molecule has 0 aromatic heterocycles. The summed E-state index contributed by atoms with van der Waals surface area (Å²) in [4.78, 5) is 38.7. The highest BCUT2D eigenvalue weighted by Crippen LogP contribution is 2.00. The average molecular weight is 338 g/mol. The molecule has 0 fully saturated rings. The number of rotatable bonds is 11. The zero-order chi connectivity index (χ0) is 17.8. The maximum absolute atomic E-state index is 11.5. The summed E-state index contributed by atoms with van der Waals surface area (Å²) in [6, 6.07) is 0. The molecule has 0 spiro atoms. The Bertz CT molecular complexity index is 391. The SMILES string of the molecule is CCN(C)C(=O)OC(C)OC(=O)COCC(COC)O[N+](=O)[O-]. The van der Waals surface area contributed by atoms with Gasteiger partial charge in [-0.25, -0.2) is 9.59 Å². The van der Waals surface area contributed by atoms with E-state index in [4.69, 9.17) is 18.9 Å². The lowest BCUT2D eigenvalue weighted by Crippen LogP contribution is -2.33. The third-order valence-electron chi connectivity index (χ3n) is 2.46. The molecule has 2 unspecified atom stereocenters. The normalized spacial score (nSPS) is 12.9. The number of methoxy groups -OCH3 is 1. The molecular weight excluding hydrogens is 316 g/mol. The Morgan fingerprint density at radius 2 is 1.91 bits per heavy atom. The fourth-order valence-corrected chi connectivity index (χ4v) is 1.29. The van der Waals surface area contributed by atoms with Crippen molar-refractivity contribution >= 4 is 12.1 Å². The highest BCUT2D eigenvalue weighted by Gasteiger charge is 2.18. The highest BCUT2D eigenvalue weighted by molar-refractivity contribution is 5.71. The van der Waals surface area contributed by atoms with Crippen molar-refractivity contribution in [1.82, 2.24) is 4.90 Å². The molecule has 0 aromatic carbocycles. The minimum absolute atomic E-state index is 0.0760. The second-order valence-electron chi connectivity index (χ2n) is 4.38. The summed E-state index contributed by atoms with van der Waals surface area (Å²) < 4.78 is 19.3. The highest BCUT2D eigenvalue weighted by atomic mass is 17.0. The maximum Gasteiger partial charge on any atom is 0.412 e. The first-order valence-electron chi connectivity index (χ1n) is 6.79. The van der Waals surface area contributed by atoms with Gasteiger partial charge in [0, 0.05) is 27.6 Å². The number of hydrogen-bond donors (Lipinski definition) is 0. The van der Waals surface area contributed by atoms with Crippen molar-refractivity contribution in [3.8, 4) is 0 Å². The summed E-state index contributed by atoms with van der Waals surface area (Å²) in [5.74, 6) is -0.790. The molecule has 0 saturated heterocycles. The predicted octanol–water partition coefficient (Wildman–Crippen LogP) is 0.204. The molecule has 1 amide bonds. The Morgan fingerprint density at radius 3 is 2.43 bits per heavy atom. The first-order chi connectivity index (χ1) is 10.8. The van der Waals surface area contributed by atoms with Gasteiger partial charge in [0.1, 0.15) is 6.61 Å². The van der Waals surface area contributed by atoms with Crippen molar-refractivity contribution in [2.75, 3.05) is 40.5 Å². The van der Waals surface area contributed by atoms with E-state index in [1.807, 2.05) is 0 Å². The second kappa shape index (κ2) is 11.4. The minimum Gasteiger partial charge on any atom is -0.424 e. The third kappa shape index (κ3) is 10.3. The lowest BCUT2D eigenvalue weighted by atomic mass is 10.4. The van der Waals surface area contributed by atoms with Gasteiger partial charge in [0.05, 0.1) is 13.2 Å². The third-order valence-corrected chi connectivity index (χ3v) is 2.46. The van der Waals surface area contributed by atoms with E-state index in [0.29, 0.717) is 6.54 Å². The zero-order valence-electron chi connectivity index (χ0n) is 13.6. The minimum atomic E-state index is -1.09. The van der Waals surface area contributed by atoms with Gasteiger partial charge in [-0.2, -0.15) is 0 Å². The Balaban J connectivity index is 4.05. The Hall–Kier alpha value is -2.14. The summed E-state index contributed by atoms with van der Waals surface area (Å²) in [5, 5.41) is 9.26. The molecule has 0 aromatic rings. The van der Waals surface area contributed by atoms with E-state index in [0.717, 1.165) is 0 Å². The number of hydrogen-bond acceptors (Lipinski definition) is 9. The van der Waals surface area contributed by atoms with E-state index < -0.39 is 36.2 Å². The van der Waals surface area contributed by atoms with Crippen LogP contribution in [0, 0.1) is 10.1 Å². The van der Waals surface area contributed by atoms with Gasteiger partial charge < -0.3 is 28.7 Å². The fourth-order valence-electron chi connectivity index (χ4n) is 1.29. The largest absolute Gasteiger partial charge is 0.424 e. The van der Waals surface area contributed by atoms with E-state index in [-0.39, 0.29) is 13.2 Å². The van der Waals surface area contributed by atoms with Crippen LogP contribution in [0.15, 0.2) is 0 Å². The van der Waals surface area contributed by atoms with Crippen LogP contribution < -0.4 is 0 Å². The van der Waals surface area contributed by atoms with Gasteiger partial charge in [-0.1, -0.05) is 0 Å². The molecule has 0 saturated carbocycles. The van der Waals surface area contributed by atoms with Crippen molar-refractivity contribution in [2.24, 2.45) is 0 Å². The molecule has 11 heteroatoms. The average Bonchev–Trinajstić information content (AvgIpc) is 2.45. The van der Waals surface area contributed by atoms with E-state index in [2.05, 4.69) is 4.84 Å². The zero-order valence-corrected chi connectivity index (χ0v) is 13.6. The summed E-state index contributed by atoms with van der Waals surface area (Å²) in [7, 11) is 2.87. The van der Waals surface area contributed by atoms with Crippen molar-refractivity contribution in [2.45, 2.75) is 26.2 Å². The summed E-state index contributed by atoms with van der Waals surface area (Å²) in [6.07, 6.45) is -2.68. The Labute approximate surface area is 133 Å². The van der Waals surface area contributed by atoms with Gasteiger partial charge in [-0.05, 0) is 6.92 Å². The van der Waals surface area contributed by atoms with Crippen LogP contribution in [0.1, 0.15) is 13.8 Å². The quantitative estimate of drug-likeness (QED) is 0.225. The van der Waals surface area contributed by atoms with Crippen LogP contribution in [0.5, 0.6) is 0 Å². The smallest absolute Gasteiger partial charge is 0.412 e. The first kappa shape index (κ1) is 20.9. The van der Waals surface area contributed by atoms with Crippen molar-refractivity contribution in [1.29, 1.82) is 0 Å². The van der Waals surface area contributed by atoms with Crippen LogP contribution in [-0.2, 0) is 28.6 Å². The second-order valence-corrected chi connectivity index (χ2v) is 4.38. The molecule has 0 aliphatic heterocycles. The first-order valence-corrected chi connectivity index (χ1v) is 6.79. The van der Waals surface area contributed by atoms with Crippen molar-refractivity contribution < 1.29 is 38.5 Å². The lowest BCUT2D eigenvalue weighted by Gasteiger charge is -2.19. The number of carbonyl (C=O) groups is 2. The molecule has 0 heterocycles. The maximum atomic E-state index is 11.5. The predicted molar refractivity (Wildman–Crippen MR) is 74.9 cm³/mol. The van der Waals surface area contributed by atoms with Gasteiger partial charge in [0.15, 0.2) is 6.10 Å². The van der Waals surface area contributed by atoms with Crippen molar-refractivity contribution in [3.05, 3.63) is 10.1 Å². The Kier molecular flexibility index (Phi) is 10.4. The van der Waals surface area contributed by atoms with Gasteiger partial charge in [-0.3, -0.25) is 0 Å². The topological polar surface area (TPSA) is 127 Å². The molecule has 11 nitrogen and oxygen atoms in total. The van der Waals surface area contributed by atoms with Gasteiger partial charge in [-0.15, -0.1) is 10.1 Å². The van der Waals surface area contributed by atoms with Gasteiger partial charge in [0.25, 0.3) is 5.09 Å². The van der Waals surface area contributed by atoms with Crippen LogP contribution >= 0.6 is 0 Å². The lowest BCUT2D eigenvalue weighted by molar-refractivity contribution is -0.769. The monoisotopic (exact) mass is 338 g/mol. The standard InChI is InChI=1S/C12H22N2O9/c1-5-13(3)12(16)22-9(2)21-11(15)8-20-7-10(6-19-4)23-14(17)18/h9-10H,5-8H2,1-4H3. The van der Waals surface area contributed by atoms with Gasteiger partial charge in [0.2, 0.25) is 6.29 Å². The number of nitrogens with zero attached hydrogens (tertiary/aromatic N) is 2. The molecule has 2 atom stereocenters. The summed E-state index contributed by atoms with van der Waals surface area (Å²) in [5.41, 5.74) is 0. The van der Waals surface area contributed by atoms with E-state index in [9.17, 15) is 19.7 Å². The molecule has 134 valence electrons. The number of ether oxygens (including phenoxy) is 4. The molecule has 0 radical (unpaired) electrons. The number of esters is 1. The van der Waals surface area contributed by atoms with Crippen LogP contribution in [0.2, 0.25) is 0 Å². The van der Waals surface area contributed by atoms with Crippen LogP contribution in [0.25, 0.3) is 0 Å². The molecule has 0 aliphatic rings. The number of amides is 1. The Morgan fingerprint density at radius 1 is 1.26 bits per heavy atom. The molecular formula is C12H22N2O9. The van der Waals surface area contributed by atoms with Crippen molar-refractivity contribution in [3.63, 3.8) is 0 Å². The van der Waals surface area contributed by atoms with E-state index in [1.54, 1.807) is 6.92 Å². The van der Waals surface area contributed by atoms with Crippen LogP contribution in [0.4, 0.5) is 4.79 Å². The molecule has 0 rings (SSSR count). The molecule has 23 heavy (non-hydrogen) atoms. The molecule has 0 N–H and O–H groups in total.